The van der Waals surface area contributed by atoms with E-state index in [4.69, 9.17) is 5.11 Å². The molecule has 7 heteroatoms. The zero-order valence-electron chi connectivity index (χ0n) is 12.1. The molecule has 0 fully saturated rings. The van der Waals surface area contributed by atoms with E-state index in [0.29, 0.717) is 36.9 Å². The Bertz CT molecular complexity index is 727. The summed E-state index contributed by atoms with van der Waals surface area (Å²) in [5, 5.41) is 15.2. The van der Waals surface area contributed by atoms with Crippen LogP contribution in [-0.2, 0) is 6.54 Å². The zero-order valence-corrected chi connectivity index (χ0v) is 12.1. The van der Waals surface area contributed by atoms with Gasteiger partial charge in [-0.3, -0.25) is 0 Å². The van der Waals surface area contributed by atoms with Crippen molar-refractivity contribution in [3.8, 4) is 0 Å². The molecule has 0 aliphatic rings. The maximum atomic E-state index is 8.84. The molecule has 0 bridgehead atoms. The Morgan fingerprint density at radius 2 is 1.95 bits per heavy atom. The summed E-state index contributed by atoms with van der Waals surface area (Å²) < 4.78 is 0. The molecule has 0 radical (unpaired) electrons. The minimum atomic E-state index is 0.136. The summed E-state index contributed by atoms with van der Waals surface area (Å²) in [5.41, 5.74) is 2.56. The highest BCUT2D eigenvalue weighted by molar-refractivity contribution is 5.83. The Kier molecular flexibility index (Phi) is 4.45. The van der Waals surface area contributed by atoms with Gasteiger partial charge < -0.3 is 20.7 Å². The minimum absolute atomic E-state index is 0.136. The van der Waals surface area contributed by atoms with Crippen LogP contribution in [0.3, 0.4) is 0 Å². The van der Waals surface area contributed by atoms with E-state index < -0.39 is 0 Å². The van der Waals surface area contributed by atoms with Gasteiger partial charge in [-0.1, -0.05) is 30.3 Å². The number of aromatic nitrogens is 4. The van der Waals surface area contributed by atoms with Gasteiger partial charge in [-0.05, 0) is 12.0 Å². The minimum Gasteiger partial charge on any atom is -0.396 e. The fraction of sp³-hybridized carbons (Fsp3) is 0.267. The summed E-state index contributed by atoms with van der Waals surface area (Å²) in [6.45, 7) is 1.42. The standard InChI is InChI=1S/C15H18N6O/c22-8-4-7-16-15-20-13(12-14(21-15)19-10-18-12)17-9-11-5-2-1-3-6-11/h1-3,5-6,10,22H,4,7-9H2,(H3,16,17,18,19,20,21). The van der Waals surface area contributed by atoms with E-state index in [0.717, 1.165) is 5.52 Å². The van der Waals surface area contributed by atoms with Crippen LogP contribution < -0.4 is 10.6 Å². The van der Waals surface area contributed by atoms with Crippen LogP contribution >= 0.6 is 0 Å². The summed E-state index contributed by atoms with van der Waals surface area (Å²) >= 11 is 0. The Hall–Kier alpha value is -2.67. The number of anilines is 2. The second kappa shape index (κ2) is 6.86. The Balaban J connectivity index is 1.79. The van der Waals surface area contributed by atoms with E-state index in [1.807, 2.05) is 18.2 Å². The van der Waals surface area contributed by atoms with Gasteiger partial charge >= 0.3 is 0 Å². The second-order valence-corrected chi connectivity index (χ2v) is 4.84. The van der Waals surface area contributed by atoms with E-state index in [1.165, 1.54) is 5.56 Å². The summed E-state index contributed by atoms with van der Waals surface area (Å²) in [7, 11) is 0. The van der Waals surface area contributed by atoms with E-state index in [1.54, 1.807) is 6.33 Å². The van der Waals surface area contributed by atoms with Gasteiger partial charge in [-0.2, -0.15) is 9.97 Å². The van der Waals surface area contributed by atoms with Crippen molar-refractivity contribution >= 4 is 22.9 Å². The molecule has 0 amide bonds. The van der Waals surface area contributed by atoms with Gasteiger partial charge in [-0.25, -0.2) is 4.98 Å². The first-order valence-electron chi connectivity index (χ1n) is 7.20. The zero-order chi connectivity index (χ0) is 15.2. The lowest BCUT2D eigenvalue weighted by Crippen LogP contribution is -2.09. The highest BCUT2D eigenvalue weighted by Gasteiger charge is 2.09. The highest BCUT2D eigenvalue weighted by Crippen LogP contribution is 2.19. The third kappa shape index (κ3) is 3.32. The van der Waals surface area contributed by atoms with Crippen LogP contribution in [0.25, 0.3) is 11.2 Å². The molecule has 0 atom stereocenters. The molecule has 0 aliphatic heterocycles. The molecule has 3 rings (SSSR count). The number of benzene rings is 1. The molecule has 2 heterocycles. The number of hydrogen-bond acceptors (Lipinski definition) is 6. The molecule has 2 aromatic heterocycles. The van der Waals surface area contributed by atoms with Crippen molar-refractivity contribution in [3.63, 3.8) is 0 Å². The van der Waals surface area contributed by atoms with Crippen molar-refractivity contribution in [2.45, 2.75) is 13.0 Å². The molecule has 114 valence electrons. The number of hydrogen-bond donors (Lipinski definition) is 4. The summed E-state index contributed by atoms with van der Waals surface area (Å²) in [5.74, 6) is 1.21. The van der Waals surface area contributed by atoms with Gasteiger partial charge in [0.2, 0.25) is 5.95 Å². The first-order chi connectivity index (χ1) is 10.9. The Labute approximate surface area is 127 Å². The highest BCUT2D eigenvalue weighted by atomic mass is 16.3. The molecule has 0 saturated heterocycles. The number of aliphatic hydroxyl groups excluding tert-OH is 1. The second-order valence-electron chi connectivity index (χ2n) is 4.84. The van der Waals surface area contributed by atoms with Gasteiger partial charge in [0.25, 0.3) is 0 Å². The Morgan fingerprint density at radius 1 is 1.09 bits per heavy atom. The predicted octanol–water partition coefficient (Wildman–Crippen LogP) is 1.76. The normalized spacial score (nSPS) is 10.8. The first-order valence-corrected chi connectivity index (χ1v) is 7.20. The van der Waals surface area contributed by atoms with Gasteiger partial charge in [0.15, 0.2) is 11.5 Å². The van der Waals surface area contributed by atoms with Gasteiger partial charge in [0.05, 0.1) is 6.33 Å². The first kappa shape index (κ1) is 14.3. The smallest absolute Gasteiger partial charge is 0.226 e. The van der Waals surface area contributed by atoms with Crippen molar-refractivity contribution in [2.75, 3.05) is 23.8 Å². The number of imidazole rings is 1. The molecule has 0 saturated carbocycles. The lowest BCUT2D eigenvalue weighted by atomic mass is 10.2. The fourth-order valence-corrected chi connectivity index (χ4v) is 2.10. The number of rotatable bonds is 7. The molecule has 3 aromatic rings. The average molecular weight is 298 g/mol. The molecule has 4 N–H and O–H groups in total. The SMILES string of the molecule is OCCCNc1nc(NCc2ccccc2)c2[nH]cnc2n1. The number of aliphatic hydroxyl groups is 1. The van der Waals surface area contributed by atoms with E-state index in [9.17, 15) is 0 Å². The lowest BCUT2D eigenvalue weighted by molar-refractivity contribution is 0.292. The van der Waals surface area contributed by atoms with Crippen LogP contribution in [0.2, 0.25) is 0 Å². The third-order valence-electron chi connectivity index (χ3n) is 3.21. The largest absolute Gasteiger partial charge is 0.396 e. The van der Waals surface area contributed by atoms with Crippen LogP contribution in [0.4, 0.5) is 11.8 Å². The van der Waals surface area contributed by atoms with Crippen molar-refractivity contribution in [1.82, 2.24) is 19.9 Å². The topological polar surface area (TPSA) is 98.8 Å². The number of nitrogens with zero attached hydrogens (tertiary/aromatic N) is 3. The third-order valence-corrected chi connectivity index (χ3v) is 3.21. The van der Waals surface area contributed by atoms with Crippen LogP contribution in [-0.4, -0.2) is 38.2 Å². The molecule has 0 aliphatic carbocycles. The molecule has 1 aromatic carbocycles. The number of nitrogens with one attached hydrogen (secondary N) is 3. The van der Waals surface area contributed by atoms with Gasteiger partial charge in [0, 0.05) is 19.7 Å². The van der Waals surface area contributed by atoms with Gasteiger partial charge in [0.1, 0.15) is 5.52 Å². The van der Waals surface area contributed by atoms with Crippen molar-refractivity contribution in [3.05, 3.63) is 42.2 Å². The van der Waals surface area contributed by atoms with Crippen LogP contribution in [0.5, 0.6) is 0 Å². The molecule has 0 spiro atoms. The number of aromatic amines is 1. The van der Waals surface area contributed by atoms with E-state index in [-0.39, 0.29) is 6.61 Å². The van der Waals surface area contributed by atoms with Gasteiger partial charge in [-0.15, -0.1) is 0 Å². The molecule has 0 unspecified atom stereocenters. The van der Waals surface area contributed by atoms with Crippen molar-refractivity contribution in [1.29, 1.82) is 0 Å². The van der Waals surface area contributed by atoms with Crippen LogP contribution in [0, 0.1) is 0 Å². The quantitative estimate of drug-likeness (QED) is 0.496. The van der Waals surface area contributed by atoms with E-state index in [2.05, 4.69) is 42.7 Å². The lowest BCUT2D eigenvalue weighted by Gasteiger charge is -2.09. The summed E-state index contributed by atoms with van der Waals surface area (Å²) in [6, 6.07) is 10.1. The van der Waals surface area contributed by atoms with Crippen molar-refractivity contribution in [2.24, 2.45) is 0 Å². The average Bonchev–Trinajstić information content (AvgIpc) is 3.02. The summed E-state index contributed by atoms with van der Waals surface area (Å²) in [4.78, 5) is 16.0. The molecular formula is C15H18N6O. The summed E-state index contributed by atoms with van der Waals surface area (Å²) in [6.07, 6.45) is 2.25. The fourth-order valence-electron chi connectivity index (χ4n) is 2.10. The molecule has 22 heavy (non-hydrogen) atoms. The van der Waals surface area contributed by atoms with E-state index >= 15 is 0 Å². The Morgan fingerprint density at radius 3 is 2.77 bits per heavy atom. The van der Waals surface area contributed by atoms with Crippen LogP contribution in [0.1, 0.15) is 12.0 Å². The molecule has 7 nitrogen and oxygen atoms in total. The maximum Gasteiger partial charge on any atom is 0.226 e. The number of H-pyrrole nitrogens is 1. The predicted molar refractivity (Wildman–Crippen MR) is 85.6 cm³/mol. The molecular weight excluding hydrogens is 280 g/mol. The monoisotopic (exact) mass is 298 g/mol. The van der Waals surface area contributed by atoms with Crippen molar-refractivity contribution < 1.29 is 5.11 Å². The number of fused-ring (bicyclic) bond motifs is 1. The maximum absolute atomic E-state index is 8.84. The van der Waals surface area contributed by atoms with Crippen LogP contribution in [0.15, 0.2) is 36.7 Å².